The maximum Gasteiger partial charge on any atom is 0.322 e. The number of nitrogens with one attached hydrogen (secondary N) is 1. The molecule has 31 heavy (non-hydrogen) atoms. The first kappa shape index (κ1) is 21.3. The fourth-order valence-corrected chi connectivity index (χ4v) is 5.05. The molecule has 1 N–H and O–H groups in total. The molecular formula is C19H15ClF2N4O4S. The molecule has 0 bridgehead atoms. The molecule has 2 heterocycles. The summed E-state index contributed by atoms with van der Waals surface area (Å²) in [5, 5.41) is 10.0. The summed E-state index contributed by atoms with van der Waals surface area (Å²) in [6.07, 6.45) is 0.785. The molecule has 0 radical (unpaired) electrons. The van der Waals surface area contributed by atoms with Crippen molar-refractivity contribution >= 4 is 33.5 Å². The van der Waals surface area contributed by atoms with E-state index in [1.54, 1.807) is 0 Å². The monoisotopic (exact) mass is 468 g/mol. The second-order valence-electron chi connectivity index (χ2n) is 6.75. The highest BCUT2D eigenvalue weighted by molar-refractivity contribution is 7.89. The maximum atomic E-state index is 13.9. The van der Waals surface area contributed by atoms with E-state index in [9.17, 15) is 22.0 Å². The van der Waals surface area contributed by atoms with Crippen LogP contribution >= 0.6 is 11.6 Å². The summed E-state index contributed by atoms with van der Waals surface area (Å²) < 4.78 is 59.2. The van der Waals surface area contributed by atoms with Gasteiger partial charge in [-0.2, -0.15) is 4.31 Å². The van der Waals surface area contributed by atoms with E-state index in [1.165, 1.54) is 24.3 Å². The molecule has 4 rings (SSSR count). The number of sulfonamides is 1. The summed E-state index contributed by atoms with van der Waals surface area (Å²) in [6, 6.07) is 7.13. The van der Waals surface area contributed by atoms with Gasteiger partial charge in [0.25, 0.3) is 5.89 Å². The average molecular weight is 469 g/mol. The van der Waals surface area contributed by atoms with Crippen molar-refractivity contribution in [3.63, 3.8) is 0 Å². The largest absolute Gasteiger partial charge is 0.403 e. The standard InChI is InChI=1S/C19H15ClF2N4O4S/c20-11-3-6-13(7-4-11)31(28,29)26-9-1-2-16(26)17(27)23-19-25-24-18(30-19)14-8-5-12(21)10-15(14)22/h3-8,10,16H,1-2,9H2,(H,23,25,27). The highest BCUT2D eigenvalue weighted by atomic mass is 35.5. The van der Waals surface area contributed by atoms with Gasteiger partial charge < -0.3 is 4.42 Å². The molecule has 12 heteroatoms. The van der Waals surface area contributed by atoms with Gasteiger partial charge in [0, 0.05) is 17.6 Å². The lowest BCUT2D eigenvalue weighted by molar-refractivity contribution is -0.119. The Morgan fingerprint density at radius 3 is 2.61 bits per heavy atom. The van der Waals surface area contributed by atoms with Crippen LogP contribution in [-0.4, -0.2) is 41.4 Å². The summed E-state index contributed by atoms with van der Waals surface area (Å²) >= 11 is 5.82. The zero-order valence-electron chi connectivity index (χ0n) is 15.8. The Labute approximate surface area is 180 Å². The van der Waals surface area contributed by atoms with Crippen molar-refractivity contribution in [2.75, 3.05) is 11.9 Å². The Bertz CT molecular complexity index is 1230. The van der Waals surface area contributed by atoms with Gasteiger partial charge >= 0.3 is 6.01 Å². The number of rotatable bonds is 5. The van der Waals surface area contributed by atoms with Gasteiger partial charge in [-0.05, 0) is 49.2 Å². The Morgan fingerprint density at radius 2 is 1.90 bits per heavy atom. The molecule has 0 spiro atoms. The minimum Gasteiger partial charge on any atom is -0.403 e. The van der Waals surface area contributed by atoms with Crippen LogP contribution in [-0.2, 0) is 14.8 Å². The van der Waals surface area contributed by atoms with Gasteiger partial charge in [-0.25, -0.2) is 17.2 Å². The fourth-order valence-electron chi connectivity index (χ4n) is 3.27. The predicted molar refractivity (Wildman–Crippen MR) is 107 cm³/mol. The Morgan fingerprint density at radius 1 is 1.16 bits per heavy atom. The van der Waals surface area contributed by atoms with Crippen LogP contribution in [0.2, 0.25) is 5.02 Å². The van der Waals surface area contributed by atoms with Crippen molar-refractivity contribution in [1.82, 2.24) is 14.5 Å². The van der Waals surface area contributed by atoms with Gasteiger partial charge in [0.1, 0.15) is 17.7 Å². The van der Waals surface area contributed by atoms with Crippen molar-refractivity contribution in [3.8, 4) is 11.5 Å². The number of benzene rings is 2. The molecule has 1 atom stereocenters. The molecule has 8 nitrogen and oxygen atoms in total. The van der Waals surface area contributed by atoms with Crippen LogP contribution in [0, 0.1) is 11.6 Å². The highest BCUT2D eigenvalue weighted by Crippen LogP contribution is 2.28. The molecule has 1 saturated heterocycles. The van der Waals surface area contributed by atoms with E-state index in [-0.39, 0.29) is 28.9 Å². The number of anilines is 1. The lowest BCUT2D eigenvalue weighted by atomic mass is 10.2. The SMILES string of the molecule is O=C(Nc1nnc(-c2ccc(F)cc2F)o1)C1CCCN1S(=O)(=O)c1ccc(Cl)cc1. The smallest absolute Gasteiger partial charge is 0.322 e. The second-order valence-corrected chi connectivity index (χ2v) is 9.08. The van der Waals surface area contributed by atoms with Gasteiger partial charge in [0.2, 0.25) is 15.9 Å². The minimum absolute atomic E-state index is 0.0171. The van der Waals surface area contributed by atoms with Crippen LogP contribution in [0.5, 0.6) is 0 Å². The summed E-state index contributed by atoms with van der Waals surface area (Å²) in [6.45, 7) is 0.166. The minimum atomic E-state index is -3.93. The van der Waals surface area contributed by atoms with E-state index in [2.05, 4.69) is 15.5 Å². The van der Waals surface area contributed by atoms with E-state index in [1.807, 2.05) is 0 Å². The summed E-state index contributed by atoms with van der Waals surface area (Å²) in [5.74, 6) is -2.59. The Balaban J connectivity index is 1.52. The quantitative estimate of drug-likeness (QED) is 0.614. The third kappa shape index (κ3) is 4.29. The topological polar surface area (TPSA) is 105 Å². The third-order valence-corrected chi connectivity index (χ3v) is 6.92. The Kier molecular flexibility index (Phi) is 5.73. The van der Waals surface area contributed by atoms with Crippen molar-refractivity contribution in [2.45, 2.75) is 23.8 Å². The molecule has 0 saturated carbocycles. The van der Waals surface area contributed by atoms with Crippen molar-refractivity contribution in [1.29, 1.82) is 0 Å². The van der Waals surface area contributed by atoms with Crippen LogP contribution in [0.3, 0.4) is 0 Å². The third-order valence-electron chi connectivity index (χ3n) is 4.74. The predicted octanol–water partition coefficient (Wildman–Crippen LogP) is 3.46. The van der Waals surface area contributed by atoms with Gasteiger partial charge in [0.15, 0.2) is 0 Å². The molecular weight excluding hydrogens is 454 g/mol. The maximum absolute atomic E-state index is 13.9. The molecule has 3 aromatic rings. The van der Waals surface area contributed by atoms with E-state index >= 15 is 0 Å². The van der Waals surface area contributed by atoms with Crippen LogP contribution in [0.4, 0.5) is 14.8 Å². The van der Waals surface area contributed by atoms with Crippen LogP contribution in [0.25, 0.3) is 11.5 Å². The molecule has 162 valence electrons. The normalized spacial score (nSPS) is 17.1. The molecule has 1 fully saturated rings. The fraction of sp³-hybridized carbons (Fsp3) is 0.211. The number of halogens is 3. The lowest BCUT2D eigenvalue weighted by Gasteiger charge is -2.22. The summed E-state index contributed by atoms with van der Waals surface area (Å²) in [5.41, 5.74) is -0.137. The molecule has 1 aliphatic heterocycles. The first-order chi connectivity index (χ1) is 14.8. The van der Waals surface area contributed by atoms with Crippen LogP contribution in [0.15, 0.2) is 51.8 Å². The first-order valence-corrected chi connectivity index (χ1v) is 10.9. The van der Waals surface area contributed by atoms with Crippen LogP contribution in [0.1, 0.15) is 12.8 Å². The van der Waals surface area contributed by atoms with Gasteiger partial charge in [-0.1, -0.05) is 16.7 Å². The van der Waals surface area contributed by atoms with E-state index < -0.39 is 33.6 Å². The number of hydrogen-bond donors (Lipinski definition) is 1. The first-order valence-electron chi connectivity index (χ1n) is 9.13. The van der Waals surface area contributed by atoms with Crippen molar-refractivity contribution in [3.05, 3.63) is 59.1 Å². The average Bonchev–Trinajstić information content (AvgIpc) is 3.38. The van der Waals surface area contributed by atoms with Crippen molar-refractivity contribution < 1.29 is 26.4 Å². The zero-order valence-corrected chi connectivity index (χ0v) is 17.3. The zero-order chi connectivity index (χ0) is 22.2. The van der Waals surface area contributed by atoms with E-state index in [0.29, 0.717) is 23.9 Å². The number of amides is 1. The molecule has 1 aliphatic rings. The van der Waals surface area contributed by atoms with Crippen molar-refractivity contribution in [2.24, 2.45) is 0 Å². The second kappa shape index (κ2) is 8.33. The van der Waals surface area contributed by atoms with Gasteiger partial charge in [-0.15, -0.1) is 5.10 Å². The number of nitrogens with zero attached hydrogens (tertiary/aromatic N) is 3. The molecule has 1 aromatic heterocycles. The summed E-state index contributed by atoms with van der Waals surface area (Å²) in [7, 11) is -3.93. The molecule has 1 amide bonds. The van der Waals surface area contributed by atoms with E-state index in [0.717, 1.165) is 16.4 Å². The van der Waals surface area contributed by atoms with Crippen LogP contribution < -0.4 is 5.32 Å². The number of hydrogen-bond acceptors (Lipinski definition) is 6. The number of carbonyl (C=O) groups excluding carboxylic acids is 1. The Hall–Kier alpha value is -2.89. The van der Waals surface area contributed by atoms with E-state index in [4.69, 9.17) is 16.0 Å². The number of carbonyl (C=O) groups is 1. The number of aromatic nitrogens is 2. The highest BCUT2D eigenvalue weighted by Gasteiger charge is 2.40. The van der Waals surface area contributed by atoms with Gasteiger partial charge in [-0.3, -0.25) is 10.1 Å². The molecule has 1 unspecified atom stereocenters. The lowest BCUT2D eigenvalue weighted by Crippen LogP contribution is -2.43. The molecule has 2 aromatic carbocycles. The van der Waals surface area contributed by atoms with Gasteiger partial charge in [0.05, 0.1) is 10.5 Å². The molecule has 0 aliphatic carbocycles. The summed E-state index contributed by atoms with van der Waals surface area (Å²) in [4.78, 5) is 12.7.